The Balaban J connectivity index is 1.55. The van der Waals surface area contributed by atoms with Crippen molar-refractivity contribution < 1.29 is 24.6 Å². The lowest BCUT2D eigenvalue weighted by Gasteiger charge is -2.58. The molecule has 4 aliphatic heterocycles. The van der Waals surface area contributed by atoms with Crippen molar-refractivity contribution in [1.82, 2.24) is 9.80 Å². The third-order valence-electron chi connectivity index (χ3n) is 7.37. The van der Waals surface area contributed by atoms with Crippen LogP contribution in [0.2, 0.25) is 0 Å². The lowest BCUT2D eigenvalue weighted by Crippen LogP contribution is -2.77. The van der Waals surface area contributed by atoms with Gasteiger partial charge in [0.25, 0.3) is 11.8 Å². The zero-order valence-corrected chi connectivity index (χ0v) is 16.8. The molecule has 28 heavy (non-hydrogen) atoms. The molecule has 1 saturated carbocycles. The van der Waals surface area contributed by atoms with Crippen molar-refractivity contribution in [3.63, 3.8) is 0 Å². The van der Waals surface area contributed by atoms with Crippen LogP contribution in [0.4, 0.5) is 0 Å². The Bertz CT molecular complexity index is 905. The van der Waals surface area contributed by atoms with E-state index in [-0.39, 0.29) is 35.7 Å². The van der Waals surface area contributed by atoms with E-state index in [0.717, 1.165) is 5.57 Å². The number of nitrogens with zero attached hydrogens (tertiary/aromatic N) is 2. The number of amides is 2. The van der Waals surface area contributed by atoms with Gasteiger partial charge in [0, 0.05) is 30.4 Å². The molecule has 0 radical (unpaired) electrons. The van der Waals surface area contributed by atoms with Crippen LogP contribution in [0.25, 0.3) is 0 Å². The number of thioether (sulfide) groups is 2. The number of hydrogen-bond acceptors (Lipinski definition) is 7. The highest BCUT2D eigenvalue weighted by Crippen LogP contribution is 2.64. The van der Waals surface area contributed by atoms with E-state index in [1.807, 2.05) is 6.08 Å². The second kappa shape index (κ2) is 5.24. The third kappa shape index (κ3) is 1.69. The maximum atomic E-state index is 14.0. The summed E-state index contributed by atoms with van der Waals surface area (Å²) in [4.78, 5) is 41.5. The maximum Gasteiger partial charge on any atom is 0.261 e. The van der Waals surface area contributed by atoms with Gasteiger partial charge >= 0.3 is 0 Å². The summed E-state index contributed by atoms with van der Waals surface area (Å²) in [5.74, 6) is -0.860. The Morgan fingerprint density at radius 1 is 1.21 bits per heavy atom. The molecule has 0 aromatic carbocycles. The summed E-state index contributed by atoms with van der Waals surface area (Å²) in [5, 5.41) is 21.1. The van der Waals surface area contributed by atoms with Crippen molar-refractivity contribution in [2.45, 2.75) is 58.5 Å². The first-order valence-corrected chi connectivity index (χ1v) is 11.6. The zero-order chi connectivity index (χ0) is 19.6. The number of hydrogen-bond donors (Lipinski definition) is 2. The van der Waals surface area contributed by atoms with Crippen LogP contribution in [0.1, 0.15) is 19.3 Å². The van der Waals surface area contributed by atoms with Crippen molar-refractivity contribution in [2.24, 2.45) is 5.92 Å². The van der Waals surface area contributed by atoms with Gasteiger partial charge in [-0.3, -0.25) is 14.4 Å². The second-order valence-electron chi connectivity index (χ2n) is 8.48. The van der Waals surface area contributed by atoms with E-state index >= 15 is 0 Å². The van der Waals surface area contributed by atoms with E-state index in [9.17, 15) is 24.6 Å². The quantitative estimate of drug-likeness (QED) is 0.610. The fraction of sp³-hybridized carbons (Fsp3) is 0.632. The number of piperazine rings is 1. The van der Waals surface area contributed by atoms with E-state index in [1.165, 1.54) is 23.5 Å². The molecule has 8 atom stereocenters. The topological polar surface area (TPSA) is 98.2 Å². The number of ketones is 1. The van der Waals surface area contributed by atoms with Gasteiger partial charge in [0.15, 0.2) is 9.74 Å². The van der Waals surface area contributed by atoms with Gasteiger partial charge in [-0.1, -0.05) is 18.2 Å². The highest BCUT2D eigenvalue weighted by Gasteiger charge is 2.77. The first kappa shape index (κ1) is 17.6. The van der Waals surface area contributed by atoms with E-state index in [4.69, 9.17) is 0 Å². The number of aliphatic hydroxyl groups is 2. The van der Waals surface area contributed by atoms with Crippen molar-refractivity contribution in [3.8, 4) is 0 Å². The average molecular weight is 421 g/mol. The van der Waals surface area contributed by atoms with Crippen LogP contribution in [0, 0.1) is 5.92 Å². The normalized spacial score (nSPS) is 50.7. The molecule has 5 fully saturated rings. The van der Waals surface area contributed by atoms with Crippen LogP contribution < -0.4 is 0 Å². The molecule has 6 aliphatic rings. The lowest BCUT2D eigenvalue weighted by molar-refractivity contribution is -0.170. The third-order valence-corrected chi connectivity index (χ3v) is 10.2. The van der Waals surface area contributed by atoms with E-state index in [0.29, 0.717) is 6.42 Å². The predicted octanol–water partition coefficient (Wildman–Crippen LogP) is -0.120. The fourth-order valence-corrected chi connectivity index (χ4v) is 9.04. The number of carbonyl (C=O) groups is 3. The lowest BCUT2D eigenvalue weighted by atomic mass is 9.81. The Labute approximate surface area is 170 Å². The van der Waals surface area contributed by atoms with Gasteiger partial charge in [0.05, 0.1) is 24.3 Å². The van der Waals surface area contributed by atoms with E-state index in [1.54, 1.807) is 28.2 Å². The minimum absolute atomic E-state index is 0.0410. The largest absolute Gasteiger partial charge is 0.390 e. The summed E-state index contributed by atoms with van der Waals surface area (Å²) in [7, 11) is 0. The van der Waals surface area contributed by atoms with Gasteiger partial charge in [-0.05, 0) is 11.8 Å². The number of fused-ring (bicyclic) bond motifs is 4. The monoisotopic (exact) mass is 420 g/mol. The number of carbonyl (C=O) groups excluding carboxylic acids is 3. The SMILES string of the molecule is CSC12CC3=CC=CC(O)C3N1C(=O)C13CC4C(=O)CC(S1)C(O)C4N3C2=O. The van der Waals surface area contributed by atoms with Gasteiger partial charge in [-0.15, -0.1) is 23.5 Å². The van der Waals surface area contributed by atoms with Crippen molar-refractivity contribution in [1.29, 1.82) is 0 Å². The molecule has 0 aromatic rings. The smallest absolute Gasteiger partial charge is 0.261 e. The molecule has 4 heterocycles. The molecule has 2 amide bonds. The molecular weight excluding hydrogens is 400 g/mol. The molecule has 4 saturated heterocycles. The Kier molecular flexibility index (Phi) is 3.29. The Morgan fingerprint density at radius 3 is 2.75 bits per heavy atom. The molecule has 0 spiro atoms. The van der Waals surface area contributed by atoms with E-state index < -0.39 is 40.0 Å². The highest BCUT2D eigenvalue weighted by molar-refractivity contribution is 8.02. The minimum Gasteiger partial charge on any atom is -0.390 e. The number of Topliss-reactive ketones (excluding diaryl/α,β-unsaturated/α-hetero) is 1. The fourth-order valence-electron chi connectivity index (χ4n) is 6.22. The summed E-state index contributed by atoms with van der Waals surface area (Å²) in [6, 6.07) is -1.17. The summed E-state index contributed by atoms with van der Waals surface area (Å²) in [6.45, 7) is 0. The molecule has 0 aromatic heterocycles. The van der Waals surface area contributed by atoms with Gasteiger partial charge in [-0.2, -0.15) is 0 Å². The van der Waals surface area contributed by atoms with Crippen LogP contribution in [-0.2, 0) is 14.4 Å². The summed E-state index contributed by atoms with van der Waals surface area (Å²) >= 11 is 2.59. The molecule has 148 valence electrons. The summed E-state index contributed by atoms with van der Waals surface area (Å²) in [5.41, 5.74) is 0.878. The molecule has 9 heteroatoms. The molecule has 2 N–H and O–H groups in total. The van der Waals surface area contributed by atoms with Crippen LogP contribution in [-0.4, -0.2) is 83.1 Å². The first-order chi connectivity index (χ1) is 13.4. The Hall–Kier alpha value is -1.29. The number of allylic oxidation sites excluding steroid dienone is 2. The standard InChI is InChI=1S/C19H20N2O5S2/c1-27-18-6-8-3-2-4-10(22)13(8)20(18)17(26)19-7-9-11(23)5-12(28-19)15(24)14(9)21(19)16(18)25/h2-4,9-10,12-15,22,24H,5-7H2,1H3. The summed E-state index contributed by atoms with van der Waals surface area (Å²) in [6.07, 6.45) is 6.33. The van der Waals surface area contributed by atoms with Gasteiger partial charge in [-0.25, -0.2) is 0 Å². The number of rotatable bonds is 1. The predicted molar refractivity (Wildman–Crippen MR) is 103 cm³/mol. The molecule has 3 bridgehead atoms. The zero-order valence-electron chi connectivity index (χ0n) is 15.1. The first-order valence-electron chi connectivity index (χ1n) is 9.52. The van der Waals surface area contributed by atoms with E-state index in [2.05, 4.69) is 0 Å². The van der Waals surface area contributed by atoms with Gasteiger partial charge in [0.2, 0.25) is 0 Å². The highest BCUT2D eigenvalue weighted by atomic mass is 32.2. The van der Waals surface area contributed by atoms with Crippen LogP contribution >= 0.6 is 23.5 Å². The van der Waals surface area contributed by atoms with Crippen LogP contribution in [0.3, 0.4) is 0 Å². The molecule has 7 nitrogen and oxygen atoms in total. The van der Waals surface area contributed by atoms with Crippen molar-refractivity contribution in [2.75, 3.05) is 6.26 Å². The number of aliphatic hydroxyl groups excluding tert-OH is 2. The van der Waals surface area contributed by atoms with Crippen molar-refractivity contribution >= 4 is 41.1 Å². The van der Waals surface area contributed by atoms with Gasteiger partial charge < -0.3 is 20.0 Å². The molecule has 2 aliphatic carbocycles. The van der Waals surface area contributed by atoms with Crippen molar-refractivity contribution in [3.05, 3.63) is 23.8 Å². The Morgan fingerprint density at radius 2 is 2.00 bits per heavy atom. The average Bonchev–Trinajstić information content (AvgIpc) is 3.12. The van der Waals surface area contributed by atoms with Crippen LogP contribution in [0.15, 0.2) is 23.8 Å². The maximum absolute atomic E-state index is 14.0. The van der Waals surface area contributed by atoms with Crippen LogP contribution in [0.5, 0.6) is 0 Å². The molecule has 8 unspecified atom stereocenters. The minimum atomic E-state index is -1.14. The summed E-state index contributed by atoms with van der Waals surface area (Å²) < 4.78 is 0. The second-order valence-corrected chi connectivity index (χ2v) is 11.1. The van der Waals surface area contributed by atoms with Gasteiger partial charge in [0.1, 0.15) is 5.78 Å². The molecule has 6 rings (SSSR count). The molecular formula is C19H20N2O5S2.